The van der Waals surface area contributed by atoms with Crippen LogP contribution in [0.15, 0.2) is 23.7 Å². The Bertz CT molecular complexity index is 972. The van der Waals surface area contributed by atoms with Gasteiger partial charge in [-0.15, -0.1) is 11.3 Å². The highest BCUT2D eigenvalue weighted by Gasteiger charge is 2.22. The number of benzene rings is 1. The third-order valence-electron chi connectivity index (χ3n) is 4.59. The number of hydrogen-bond acceptors (Lipinski definition) is 6. The van der Waals surface area contributed by atoms with E-state index >= 15 is 0 Å². The lowest BCUT2D eigenvalue weighted by molar-refractivity contribution is -0.0366. The van der Waals surface area contributed by atoms with Gasteiger partial charge in [-0.1, -0.05) is 6.07 Å². The van der Waals surface area contributed by atoms with Crippen LogP contribution < -0.4 is 16.2 Å². The molecule has 0 bridgehead atoms. The fraction of sp³-hybridized carbons (Fsp3) is 0.333. The van der Waals surface area contributed by atoms with Crippen LogP contribution >= 0.6 is 11.3 Å². The Morgan fingerprint density at radius 1 is 1.42 bits per heavy atom. The molecular formula is C18H20N4O3S. The molecule has 1 amide bonds. The van der Waals surface area contributed by atoms with Crippen LogP contribution in [-0.2, 0) is 4.74 Å². The molecule has 0 saturated carbocycles. The maximum atomic E-state index is 11.4. The molecule has 1 saturated heterocycles. The summed E-state index contributed by atoms with van der Waals surface area (Å²) in [6, 6.07) is 4.00. The monoisotopic (exact) mass is 372 g/mol. The number of nitrogens with two attached hydrogens (primary N) is 2. The number of carbonyl (C=O) groups excluding carboxylic acids is 1. The van der Waals surface area contributed by atoms with E-state index in [1.54, 1.807) is 11.6 Å². The minimum atomic E-state index is -0.556. The number of amides is 1. The summed E-state index contributed by atoms with van der Waals surface area (Å²) >= 11 is 1.18. The van der Waals surface area contributed by atoms with E-state index in [1.807, 2.05) is 23.7 Å². The van der Waals surface area contributed by atoms with Crippen LogP contribution in [0.2, 0.25) is 0 Å². The lowest BCUT2D eigenvalue weighted by Gasteiger charge is -2.23. The maximum Gasteiger partial charge on any atom is 0.261 e. The molecule has 8 heteroatoms. The highest BCUT2D eigenvalue weighted by Crippen LogP contribution is 2.40. The predicted molar refractivity (Wildman–Crippen MR) is 101 cm³/mol. The third-order valence-corrected chi connectivity index (χ3v) is 5.57. The Hall–Kier alpha value is -2.58. The Morgan fingerprint density at radius 2 is 2.27 bits per heavy atom. The molecule has 7 nitrogen and oxygen atoms in total. The highest BCUT2D eigenvalue weighted by molar-refractivity contribution is 7.13. The molecule has 1 aromatic carbocycles. The first kappa shape index (κ1) is 16.9. The number of aromatic nitrogens is 2. The second-order valence-corrected chi connectivity index (χ2v) is 7.24. The van der Waals surface area contributed by atoms with Crippen LogP contribution in [0, 0.1) is 6.92 Å². The molecule has 26 heavy (non-hydrogen) atoms. The van der Waals surface area contributed by atoms with Crippen molar-refractivity contribution in [2.24, 2.45) is 5.73 Å². The Balaban J connectivity index is 1.74. The zero-order valence-electron chi connectivity index (χ0n) is 14.4. The van der Waals surface area contributed by atoms with Crippen molar-refractivity contribution in [1.82, 2.24) is 9.78 Å². The summed E-state index contributed by atoms with van der Waals surface area (Å²) in [6.45, 7) is 2.71. The number of hydrogen-bond donors (Lipinski definition) is 2. The largest absolute Gasteiger partial charge is 0.453 e. The molecular weight excluding hydrogens is 352 g/mol. The van der Waals surface area contributed by atoms with Crippen LogP contribution in [-0.4, -0.2) is 22.3 Å². The number of thiophene rings is 1. The van der Waals surface area contributed by atoms with E-state index in [9.17, 15) is 4.79 Å². The number of anilines is 1. The summed E-state index contributed by atoms with van der Waals surface area (Å²) in [7, 11) is 0. The molecule has 4 N–H and O–H groups in total. The van der Waals surface area contributed by atoms with Crippen LogP contribution in [0.5, 0.6) is 11.5 Å². The van der Waals surface area contributed by atoms with E-state index in [-0.39, 0.29) is 11.9 Å². The summed E-state index contributed by atoms with van der Waals surface area (Å²) in [4.78, 5) is 11.7. The first-order valence-corrected chi connectivity index (χ1v) is 9.37. The van der Waals surface area contributed by atoms with Gasteiger partial charge in [0.05, 0.1) is 22.8 Å². The Labute approximate surface area is 154 Å². The zero-order chi connectivity index (χ0) is 18.3. The summed E-state index contributed by atoms with van der Waals surface area (Å²) < 4.78 is 13.8. The van der Waals surface area contributed by atoms with Crippen LogP contribution in [0.25, 0.3) is 10.9 Å². The van der Waals surface area contributed by atoms with Crippen molar-refractivity contribution >= 4 is 33.8 Å². The van der Waals surface area contributed by atoms with Gasteiger partial charge in [-0.2, -0.15) is 5.10 Å². The standard InChI is InChI=1S/C18H20N4O3S/c1-10-5-6-12-11(8-21-22(12)14-4-2-3-7-24-14)16(10)25-13-9-26-17(15(13)19)18(20)23/h5-6,8-9,14H,2-4,7,19H2,1H3,(H2,20,23). The average molecular weight is 372 g/mol. The van der Waals surface area contributed by atoms with Crippen molar-refractivity contribution in [3.05, 3.63) is 34.2 Å². The molecule has 1 atom stereocenters. The van der Waals surface area contributed by atoms with E-state index in [4.69, 9.17) is 20.9 Å². The normalized spacial score (nSPS) is 17.5. The highest BCUT2D eigenvalue weighted by atomic mass is 32.1. The molecule has 1 aliphatic rings. The second-order valence-electron chi connectivity index (χ2n) is 6.36. The first-order chi connectivity index (χ1) is 12.6. The van der Waals surface area contributed by atoms with E-state index in [0.29, 0.717) is 16.4 Å². The fourth-order valence-electron chi connectivity index (χ4n) is 3.22. The van der Waals surface area contributed by atoms with Crippen molar-refractivity contribution in [3.63, 3.8) is 0 Å². The van der Waals surface area contributed by atoms with Gasteiger partial charge in [0.15, 0.2) is 12.0 Å². The minimum Gasteiger partial charge on any atom is -0.453 e. The smallest absolute Gasteiger partial charge is 0.261 e. The Kier molecular flexibility index (Phi) is 4.29. The third kappa shape index (κ3) is 2.81. The molecule has 0 radical (unpaired) electrons. The number of rotatable bonds is 4. The number of nitrogen functional groups attached to an aromatic ring is 1. The molecule has 136 valence electrons. The maximum absolute atomic E-state index is 11.4. The summed E-state index contributed by atoms with van der Waals surface area (Å²) in [5.74, 6) is 0.547. The van der Waals surface area contributed by atoms with Gasteiger partial charge in [-0.05, 0) is 37.8 Å². The molecule has 4 rings (SSSR count). The van der Waals surface area contributed by atoms with Gasteiger partial charge in [0.2, 0.25) is 0 Å². The molecule has 0 aliphatic carbocycles. The van der Waals surface area contributed by atoms with Crippen molar-refractivity contribution in [1.29, 1.82) is 0 Å². The first-order valence-electron chi connectivity index (χ1n) is 8.49. The van der Waals surface area contributed by atoms with E-state index in [0.717, 1.165) is 42.3 Å². The van der Waals surface area contributed by atoms with Gasteiger partial charge in [-0.25, -0.2) is 4.68 Å². The van der Waals surface area contributed by atoms with Gasteiger partial charge >= 0.3 is 0 Å². The van der Waals surface area contributed by atoms with E-state index in [1.165, 1.54) is 11.3 Å². The lowest BCUT2D eigenvalue weighted by atomic mass is 10.1. The number of ether oxygens (including phenoxy) is 2. The van der Waals surface area contributed by atoms with Gasteiger partial charge in [0.1, 0.15) is 10.6 Å². The predicted octanol–water partition coefficient (Wildman–Crippen LogP) is 3.58. The molecule has 3 aromatic rings. The summed E-state index contributed by atoms with van der Waals surface area (Å²) in [6.07, 6.45) is 4.89. The van der Waals surface area contributed by atoms with Gasteiger partial charge < -0.3 is 20.9 Å². The van der Waals surface area contributed by atoms with Crippen molar-refractivity contribution in [2.45, 2.75) is 32.4 Å². The van der Waals surface area contributed by atoms with Crippen LogP contribution in [0.1, 0.15) is 40.7 Å². The number of nitrogens with zero attached hydrogens (tertiary/aromatic N) is 2. The topological polar surface area (TPSA) is 105 Å². The summed E-state index contributed by atoms with van der Waals surface area (Å²) in [5.41, 5.74) is 13.5. The molecule has 1 fully saturated rings. The van der Waals surface area contributed by atoms with Crippen molar-refractivity contribution < 1.29 is 14.3 Å². The van der Waals surface area contributed by atoms with Gasteiger partial charge in [0, 0.05) is 12.0 Å². The van der Waals surface area contributed by atoms with Gasteiger partial charge in [-0.3, -0.25) is 4.79 Å². The average Bonchev–Trinajstić information content (AvgIpc) is 3.22. The number of primary amides is 1. The van der Waals surface area contributed by atoms with E-state index < -0.39 is 5.91 Å². The van der Waals surface area contributed by atoms with Crippen molar-refractivity contribution in [3.8, 4) is 11.5 Å². The SMILES string of the molecule is Cc1ccc2c(cnn2C2CCCCO2)c1Oc1csc(C(N)=O)c1N. The number of aryl methyl sites for hydroxylation is 1. The molecule has 1 aliphatic heterocycles. The molecule has 0 spiro atoms. The molecule has 1 unspecified atom stereocenters. The molecule has 3 heterocycles. The van der Waals surface area contributed by atoms with Crippen molar-refractivity contribution in [2.75, 3.05) is 12.3 Å². The quantitative estimate of drug-likeness (QED) is 0.728. The second kappa shape index (κ2) is 6.62. The van der Waals surface area contributed by atoms with E-state index in [2.05, 4.69) is 5.10 Å². The van der Waals surface area contributed by atoms with Gasteiger partial charge in [0.25, 0.3) is 5.91 Å². The minimum absolute atomic E-state index is 0.0514. The lowest BCUT2D eigenvalue weighted by Crippen LogP contribution is -2.18. The number of fused-ring (bicyclic) bond motifs is 1. The summed E-state index contributed by atoms with van der Waals surface area (Å²) in [5, 5.41) is 7.10. The molecule has 2 aromatic heterocycles. The number of carbonyl (C=O) groups is 1. The zero-order valence-corrected chi connectivity index (χ0v) is 15.2. The fourth-order valence-corrected chi connectivity index (χ4v) is 3.96. The Morgan fingerprint density at radius 3 is 2.96 bits per heavy atom. The van der Waals surface area contributed by atoms with Crippen LogP contribution in [0.4, 0.5) is 5.69 Å². The van der Waals surface area contributed by atoms with Crippen LogP contribution in [0.3, 0.4) is 0 Å².